The maximum atomic E-state index is 11.1. The number of halogens is 2. The van der Waals surface area contributed by atoms with Gasteiger partial charge in [-0.3, -0.25) is 4.79 Å². The van der Waals surface area contributed by atoms with E-state index in [0.717, 1.165) is 0 Å². The van der Waals surface area contributed by atoms with Crippen LogP contribution < -0.4 is 10.1 Å². The molecule has 2 aromatic rings. The average Bonchev–Trinajstić information content (AvgIpc) is 2.29. The molecule has 0 unspecified atom stereocenters. The van der Waals surface area contributed by atoms with E-state index < -0.39 is 0 Å². The van der Waals surface area contributed by atoms with E-state index in [1.165, 1.54) is 6.92 Å². The number of para-hydroxylation sites is 2. The molecule has 1 aromatic heterocycles. The summed E-state index contributed by atoms with van der Waals surface area (Å²) < 4.78 is 5.43. The Morgan fingerprint density at radius 2 is 1.79 bits per heavy atom. The Kier molecular flexibility index (Phi) is 4.13. The molecule has 0 atom stereocenters. The number of ether oxygens (including phenoxy) is 1. The second kappa shape index (κ2) is 5.81. The maximum Gasteiger partial charge on any atom is 0.327 e. The van der Waals surface area contributed by atoms with Gasteiger partial charge in [0, 0.05) is 6.92 Å². The fourth-order valence-electron chi connectivity index (χ4n) is 1.30. The van der Waals surface area contributed by atoms with E-state index in [1.54, 1.807) is 24.3 Å². The monoisotopic (exact) mass is 298 g/mol. The molecule has 2 rings (SSSR count). The van der Waals surface area contributed by atoms with Crippen molar-refractivity contribution in [2.45, 2.75) is 6.92 Å². The molecule has 0 saturated carbocycles. The number of nitrogens with zero attached hydrogens (tertiary/aromatic N) is 3. The van der Waals surface area contributed by atoms with Crippen LogP contribution in [0.4, 0.5) is 5.69 Å². The standard InChI is InChI=1S/C11H8Cl2N4O2/c1-6(18)14-7-4-2-3-5-8(7)19-11-16-9(12)15-10(13)17-11/h2-5H,1H3,(H,14,18). The van der Waals surface area contributed by atoms with Gasteiger partial charge < -0.3 is 10.1 Å². The summed E-state index contributed by atoms with van der Waals surface area (Å²) in [5, 5.41) is 2.47. The Hall–Kier alpha value is -1.92. The summed E-state index contributed by atoms with van der Waals surface area (Å²) in [7, 11) is 0. The van der Waals surface area contributed by atoms with Crippen LogP contribution in [0, 0.1) is 0 Å². The van der Waals surface area contributed by atoms with Gasteiger partial charge in [-0.25, -0.2) is 0 Å². The van der Waals surface area contributed by atoms with Crippen LogP contribution in [0.5, 0.6) is 11.8 Å². The normalized spacial score (nSPS) is 10.1. The first-order valence-corrected chi connectivity index (χ1v) is 5.92. The van der Waals surface area contributed by atoms with Gasteiger partial charge >= 0.3 is 6.01 Å². The van der Waals surface area contributed by atoms with Gasteiger partial charge in [0.1, 0.15) is 0 Å². The highest BCUT2D eigenvalue weighted by Gasteiger charge is 2.09. The number of hydrogen-bond donors (Lipinski definition) is 1. The molecule has 0 saturated heterocycles. The lowest BCUT2D eigenvalue weighted by molar-refractivity contribution is -0.114. The zero-order chi connectivity index (χ0) is 13.8. The highest BCUT2D eigenvalue weighted by molar-refractivity contribution is 6.31. The summed E-state index contributed by atoms with van der Waals surface area (Å²) in [6.45, 7) is 1.40. The Bertz CT molecular complexity index is 601. The van der Waals surface area contributed by atoms with Crippen LogP contribution in [0.1, 0.15) is 6.92 Å². The summed E-state index contributed by atoms with van der Waals surface area (Å²) in [6, 6.07) is 6.77. The molecule has 0 aliphatic rings. The first kappa shape index (κ1) is 13.5. The van der Waals surface area contributed by atoms with Gasteiger partial charge in [0.15, 0.2) is 5.75 Å². The van der Waals surface area contributed by atoms with Gasteiger partial charge in [0.25, 0.3) is 0 Å². The van der Waals surface area contributed by atoms with E-state index in [0.29, 0.717) is 11.4 Å². The minimum atomic E-state index is -0.220. The zero-order valence-electron chi connectivity index (χ0n) is 9.72. The van der Waals surface area contributed by atoms with Crippen molar-refractivity contribution in [2.75, 3.05) is 5.32 Å². The fraction of sp³-hybridized carbons (Fsp3) is 0.0909. The van der Waals surface area contributed by atoms with E-state index in [-0.39, 0.29) is 22.5 Å². The molecule has 1 heterocycles. The van der Waals surface area contributed by atoms with Crippen molar-refractivity contribution in [3.05, 3.63) is 34.8 Å². The predicted octanol–water partition coefficient (Wildman–Crippen LogP) is 2.93. The van der Waals surface area contributed by atoms with Crippen molar-refractivity contribution in [2.24, 2.45) is 0 Å². The highest BCUT2D eigenvalue weighted by atomic mass is 35.5. The van der Waals surface area contributed by atoms with Crippen molar-refractivity contribution in [3.63, 3.8) is 0 Å². The largest absolute Gasteiger partial charge is 0.422 e. The Morgan fingerprint density at radius 3 is 2.42 bits per heavy atom. The van der Waals surface area contributed by atoms with Crippen molar-refractivity contribution >= 4 is 34.8 Å². The van der Waals surface area contributed by atoms with Crippen LogP contribution in [-0.2, 0) is 4.79 Å². The lowest BCUT2D eigenvalue weighted by atomic mass is 10.3. The van der Waals surface area contributed by atoms with E-state index >= 15 is 0 Å². The zero-order valence-corrected chi connectivity index (χ0v) is 11.2. The number of anilines is 1. The van der Waals surface area contributed by atoms with E-state index in [2.05, 4.69) is 20.3 Å². The molecule has 0 bridgehead atoms. The summed E-state index contributed by atoms with van der Waals surface area (Å²) in [6.07, 6.45) is 0. The van der Waals surface area contributed by atoms with Gasteiger partial charge in [-0.05, 0) is 35.3 Å². The van der Waals surface area contributed by atoms with Crippen molar-refractivity contribution in [1.82, 2.24) is 15.0 Å². The third kappa shape index (κ3) is 3.77. The first-order valence-electron chi connectivity index (χ1n) is 5.16. The number of amides is 1. The highest BCUT2D eigenvalue weighted by Crippen LogP contribution is 2.28. The molecular weight excluding hydrogens is 291 g/mol. The number of carbonyl (C=O) groups excluding carboxylic acids is 1. The summed E-state index contributed by atoms with van der Waals surface area (Å²) >= 11 is 11.3. The molecule has 6 nitrogen and oxygen atoms in total. The molecule has 0 fully saturated rings. The second-order valence-electron chi connectivity index (χ2n) is 3.44. The molecular formula is C11H8Cl2N4O2. The summed E-state index contributed by atoms with van der Waals surface area (Å²) in [4.78, 5) is 22.2. The van der Waals surface area contributed by atoms with E-state index in [9.17, 15) is 4.79 Å². The van der Waals surface area contributed by atoms with Crippen LogP contribution in [0.25, 0.3) is 0 Å². The molecule has 0 aliphatic carbocycles. The fourth-order valence-corrected chi connectivity index (χ4v) is 1.65. The topological polar surface area (TPSA) is 77.0 Å². The smallest absolute Gasteiger partial charge is 0.327 e. The van der Waals surface area contributed by atoms with Crippen LogP contribution in [0.2, 0.25) is 10.6 Å². The second-order valence-corrected chi connectivity index (χ2v) is 4.11. The van der Waals surface area contributed by atoms with Gasteiger partial charge in [0.05, 0.1) is 5.69 Å². The third-order valence-electron chi connectivity index (χ3n) is 1.96. The maximum absolute atomic E-state index is 11.1. The van der Waals surface area contributed by atoms with Gasteiger partial charge in [-0.2, -0.15) is 15.0 Å². The SMILES string of the molecule is CC(=O)Nc1ccccc1Oc1nc(Cl)nc(Cl)n1. The van der Waals surface area contributed by atoms with Crippen LogP contribution in [-0.4, -0.2) is 20.9 Å². The van der Waals surface area contributed by atoms with Crippen molar-refractivity contribution < 1.29 is 9.53 Å². The van der Waals surface area contributed by atoms with E-state index in [1.807, 2.05) is 0 Å². The number of benzene rings is 1. The first-order chi connectivity index (χ1) is 9.04. The lowest BCUT2D eigenvalue weighted by Gasteiger charge is -2.09. The minimum Gasteiger partial charge on any atom is -0.422 e. The molecule has 1 N–H and O–H groups in total. The third-order valence-corrected chi connectivity index (χ3v) is 2.30. The minimum absolute atomic E-state index is 0.0530. The number of aromatic nitrogens is 3. The lowest BCUT2D eigenvalue weighted by Crippen LogP contribution is -2.07. The summed E-state index contributed by atoms with van der Waals surface area (Å²) in [5.41, 5.74) is 0.489. The van der Waals surface area contributed by atoms with Gasteiger partial charge in [0.2, 0.25) is 16.5 Å². The van der Waals surface area contributed by atoms with Crippen LogP contribution in [0.15, 0.2) is 24.3 Å². The molecule has 0 radical (unpaired) electrons. The molecule has 0 spiro atoms. The number of hydrogen-bond acceptors (Lipinski definition) is 5. The average molecular weight is 299 g/mol. The number of nitrogens with one attached hydrogen (secondary N) is 1. The van der Waals surface area contributed by atoms with Crippen LogP contribution in [0.3, 0.4) is 0 Å². The Morgan fingerprint density at radius 1 is 1.16 bits per heavy atom. The van der Waals surface area contributed by atoms with Crippen molar-refractivity contribution in [3.8, 4) is 11.8 Å². The number of rotatable bonds is 3. The summed E-state index contributed by atoms with van der Waals surface area (Å²) in [5.74, 6) is 0.152. The van der Waals surface area contributed by atoms with Gasteiger partial charge in [-0.1, -0.05) is 12.1 Å². The molecule has 1 amide bonds. The molecule has 19 heavy (non-hydrogen) atoms. The molecule has 98 valence electrons. The van der Waals surface area contributed by atoms with E-state index in [4.69, 9.17) is 27.9 Å². The Labute approximate surface area is 118 Å². The molecule has 1 aromatic carbocycles. The quantitative estimate of drug-likeness (QED) is 0.943. The predicted molar refractivity (Wildman–Crippen MR) is 70.7 cm³/mol. The Balaban J connectivity index is 2.29. The number of carbonyl (C=O) groups is 1. The van der Waals surface area contributed by atoms with Crippen LogP contribution >= 0.6 is 23.2 Å². The molecule has 8 heteroatoms. The van der Waals surface area contributed by atoms with Crippen molar-refractivity contribution in [1.29, 1.82) is 0 Å². The van der Waals surface area contributed by atoms with Gasteiger partial charge in [-0.15, -0.1) is 0 Å². The molecule has 0 aliphatic heterocycles.